The molecule has 1 aromatic heterocycles. The molecule has 0 aliphatic carbocycles. The number of rotatable bonds is 6. The summed E-state index contributed by atoms with van der Waals surface area (Å²) in [7, 11) is 0. The molecule has 112 valence electrons. The fourth-order valence-corrected chi connectivity index (χ4v) is 3.10. The van der Waals surface area contributed by atoms with Crippen LogP contribution in [0.2, 0.25) is 0 Å². The van der Waals surface area contributed by atoms with Gasteiger partial charge in [0.15, 0.2) is 0 Å². The maximum atomic E-state index is 4.58. The Labute approximate surface area is 123 Å². The Kier molecular flexibility index (Phi) is 6.31. The molecule has 20 heavy (non-hydrogen) atoms. The van der Waals surface area contributed by atoms with E-state index in [1.165, 1.54) is 44.2 Å². The van der Waals surface area contributed by atoms with Gasteiger partial charge in [0.05, 0.1) is 0 Å². The topological polar surface area (TPSA) is 28.2 Å². The van der Waals surface area contributed by atoms with Gasteiger partial charge in [-0.05, 0) is 49.4 Å². The van der Waals surface area contributed by atoms with Crippen LogP contribution >= 0.6 is 0 Å². The van der Waals surface area contributed by atoms with E-state index in [4.69, 9.17) is 0 Å². The molecule has 3 heteroatoms. The lowest BCUT2D eigenvalue weighted by Crippen LogP contribution is -2.25. The van der Waals surface area contributed by atoms with Gasteiger partial charge in [-0.1, -0.05) is 26.7 Å². The Balaban J connectivity index is 1.96. The first-order valence-corrected chi connectivity index (χ1v) is 8.24. The molecule has 0 amide bonds. The van der Waals surface area contributed by atoms with Crippen molar-refractivity contribution in [2.75, 3.05) is 24.5 Å². The molecule has 2 heterocycles. The van der Waals surface area contributed by atoms with Gasteiger partial charge in [0.25, 0.3) is 0 Å². The third-order valence-electron chi connectivity index (χ3n) is 4.26. The van der Waals surface area contributed by atoms with Crippen LogP contribution in [-0.4, -0.2) is 24.6 Å². The minimum Gasteiger partial charge on any atom is -0.357 e. The van der Waals surface area contributed by atoms with E-state index in [1.54, 1.807) is 0 Å². The van der Waals surface area contributed by atoms with Gasteiger partial charge in [-0.3, -0.25) is 0 Å². The number of pyridine rings is 1. The van der Waals surface area contributed by atoms with Crippen LogP contribution < -0.4 is 10.2 Å². The van der Waals surface area contributed by atoms with Crippen molar-refractivity contribution in [3.05, 3.63) is 23.9 Å². The van der Waals surface area contributed by atoms with E-state index in [-0.39, 0.29) is 0 Å². The predicted octanol–water partition coefficient (Wildman–Crippen LogP) is 3.60. The molecule has 0 radical (unpaired) electrons. The molecule has 1 fully saturated rings. The maximum Gasteiger partial charge on any atom is 0.128 e. The maximum absolute atomic E-state index is 4.58. The first kappa shape index (κ1) is 15.3. The van der Waals surface area contributed by atoms with E-state index >= 15 is 0 Å². The van der Waals surface area contributed by atoms with Crippen molar-refractivity contribution >= 4 is 5.82 Å². The largest absolute Gasteiger partial charge is 0.357 e. The summed E-state index contributed by atoms with van der Waals surface area (Å²) in [5.41, 5.74) is 1.34. The Morgan fingerprint density at radius 3 is 3.00 bits per heavy atom. The van der Waals surface area contributed by atoms with Gasteiger partial charge in [0.1, 0.15) is 5.82 Å². The highest BCUT2D eigenvalue weighted by Gasteiger charge is 2.17. The smallest absolute Gasteiger partial charge is 0.128 e. The molecule has 1 unspecified atom stereocenters. The van der Waals surface area contributed by atoms with Crippen molar-refractivity contribution in [3.8, 4) is 0 Å². The zero-order valence-electron chi connectivity index (χ0n) is 13.1. The summed E-state index contributed by atoms with van der Waals surface area (Å²) in [4.78, 5) is 7.06. The second-order valence-electron chi connectivity index (χ2n) is 5.88. The monoisotopic (exact) mass is 275 g/mol. The van der Waals surface area contributed by atoms with Gasteiger partial charge in [0.2, 0.25) is 0 Å². The molecular weight excluding hydrogens is 246 g/mol. The van der Waals surface area contributed by atoms with Crippen LogP contribution in [0, 0.1) is 5.92 Å². The van der Waals surface area contributed by atoms with Gasteiger partial charge >= 0.3 is 0 Å². The summed E-state index contributed by atoms with van der Waals surface area (Å²) in [6.07, 6.45) is 8.69. The van der Waals surface area contributed by atoms with E-state index in [0.29, 0.717) is 0 Å². The minimum atomic E-state index is 0.926. The van der Waals surface area contributed by atoms with Gasteiger partial charge < -0.3 is 10.2 Å². The summed E-state index contributed by atoms with van der Waals surface area (Å²) in [6.45, 7) is 8.73. The molecule has 1 aromatic rings. The van der Waals surface area contributed by atoms with Crippen LogP contribution in [0.1, 0.15) is 51.5 Å². The highest BCUT2D eigenvalue weighted by molar-refractivity contribution is 5.41. The number of nitrogens with one attached hydrogen (secondary N) is 1. The quantitative estimate of drug-likeness (QED) is 0.860. The number of aromatic nitrogens is 1. The summed E-state index contributed by atoms with van der Waals surface area (Å²) in [5.74, 6) is 2.09. The van der Waals surface area contributed by atoms with Crippen molar-refractivity contribution in [1.29, 1.82) is 0 Å². The highest BCUT2D eigenvalue weighted by atomic mass is 15.2. The Morgan fingerprint density at radius 2 is 2.20 bits per heavy atom. The third-order valence-corrected chi connectivity index (χ3v) is 4.26. The van der Waals surface area contributed by atoms with E-state index in [9.17, 15) is 0 Å². The molecule has 1 atom stereocenters. The standard InChI is InChI=1S/C17H29N3/c1-3-6-15-7-5-11-20(12-9-15)17-13-16(8-10-19-17)14-18-4-2/h8,10,13,15,18H,3-7,9,11-12,14H2,1-2H3. The average Bonchev–Trinajstić information content (AvgIpc) is 2.72. The predicted molar refractivity (Wildman–Crippen MR) is 86.1 cm³/mol. The Bertz CT molecular complexity index is 392. The lowest BCUT2D eigenvalue weighted by molar-refractivity contribution is 0.435. The lowest BCUT2D eigenvalue weighted by Gasteiger charge is -2.22. The van der Waals surface area contributed by atoms with Crippen LogP contribution in [0.4, 0.5) is 5.82 Å². The van der Waals surface area contributed by atoms with Crippen molar-refractivity contribution < 1.29 is 0 Å². The molecule has 1 aliphatic rings. The molecular formula is C17H29N3. The molecule has 0 aromatic carbocycles. The van der Waals surface area contributed by atoms with E-state index < -0.39 is 0 Å². The highest BCUT2D eigenvalue weighted by Crippen LogP contribution is 2.24. The fraction of sp³-hybridized carbons (Fsp3) is 0.706. The fourth-order valence-electron chi connectivity index (χ4n) is 3.10. The van der Waals surface area contributed by atoms with Crippen molar-refractivity contribution in [2.45, 2.75) is 52.5 Å². The number of nitrogens with zero attached hydrogens (tertiary/aromatic N) is 2. The van der Waals surface area contributed by atoms with Gasteiger partial charge in [-0.2, -0.15) is 0 Å². The Hall–Kier alpha value is -1.09. The first-order valence-electron chi connectivity index (χ1n) is 8.24. The zero-order valence-corrected chi connectivity index (χ0v) is 13.1. The molecule has 0 bridgehead atoms. The first-order chi connectivity index (χ1) is 9.83. The van der Waals surface area contributed by atoms with E-state index in [0.717, 1.165) is 31.4 Å². The molecule has 0 saturated carbocycles. The van der Waals surface area contributed by atoms with Crippen LogP contribution in [-0.2, 0) is 6.54 Å². The van der Waals surface area contributed by atoms with Crippen molar-refractivity contribution in [3.63, 3.8) is 0 Å². The van der Waals surface area contributed by atoms with Gasteiger partial charge in [-0.15, -0.1) is 0 Å². The second kappa shape index (κ2) is 8.25. The third kappa shape index (κ3) is 4.48. The van der Waals surface area contributed by atoms with Crippen LogP contribution in [0.5, 0.6) is 0 Å². The summed E-state index contributed by atoms with van der Waals surface area (Å²) in [6, 6.07) is 4.37. The number of hydrogen-bond acceptors (Lipinski definition) is 3. The molecule has 0 spiro atoms. The summed E-state index contributed by atoms with van der Waals surface area (Å²) >= 11 is 0. The zero-order chi connectivity index (χ0) is 14.2. The molecule has 1 aliphatic heterocycles. The molecule has 2 rings (SSSR count). The average molecular weight is 275 g/mol. The Morgan fingerprint density at radius 1 is 1.30 bits per heavy atom. The minimum absolute atomic E-state index is 0.926. The molecule has 1 N–H and O–H groups in total. The number of anilines is 1. The summed E-state index contributed by atoms with van der Waals surface area (Å²) in [5, 5.41) is 3.38. The van der Waals surface area contributed by atoms with Gasteiger partial charge in [-0.25, -0.2) is 4.98 Å². The van der Waals surface area contributed by atoms with E-state index in [2.05, 4.69) is 41.2 Å². The van der Waals surface area contributed by atoms with Crippen LogP contribution in [0.3, 0.4) is 0 Å². The lowest BCUT2D eigenvalue weighted by atomic mass is 9.96. The van der Waals surface area contributed by atoms with Crippen molar-refractivity contribution in [1.82, 2.24) is 10.3 Å². The van der Waals surface area contributed by atoms with Crippen LogP contribution in [0.15, 0.2) is 18.3 Å². The second-order valence-corrected chi connectivity index (χ2v) is 5.88. The van der Waals surface area contributed by atoms with E-state index in [1.807, 2.05) is 6.20 Å². The van der Waals surface area contributed by atoms with Crippen LogP contribution in [0.25, 0.3) is 0 Å². The van der Waals surface area contributed by atoms with Crippen molar-refractivity contribution in [2.24, 2.45) is 5.92 Å². The molecule has 3 nitrogen and oxygen atoms in total. The molecule has 1 saturated heterocycles. The SMILES string of the molecule is CCCC1CCCN(c2cc(CNCC)ccn2)CC1. The normalized spacial score (nSPS) is 19.9. The van der Waals surface area contributed by atoms with Gasteiger partial charge in [0, 0.05) is 25.8 Å². The number of hydrogen-bond donors (Lipinski definition) is 1. The summed E-state index contributed by atoms with van der Waals surface area (Å²) < 4.78 is 0.